The van der Waals surface area contributed by atoms with Gasteiger partial charge in [-0.15, -0.1) is 0 Å². The second-order valence-electron chi connectivity index (χ2n) is 6.67. The summed E-state index contributed by atoms with van der Waals surface area (Å²) in [5.74, 6) is 0.633. The summed E-state index contributed by atoms with van der Waals surface area (Å²) in [5.41, 5.74) is 6.98. The first kappa shape index (κ1) is 15.4. The Morgan fingerprint density at radius 2 is 1.86 bits per heavy atom. The number of likely N-dealkylation sites (tertiary alicyclic amines) is 1. The standard InChI is InChI=1S/C16H23N3O2/c1-16(2,3)13-8-9-19(10-13)15(20)12-6-4-11(5-7-12)14(17)18-21/h4-7,13,21H,8-10H2,1-3H3,(H2,17,18). The van der Waals surface area contributed by atoms with Crippen molar-refractivity contribution in [1.82, 2.24) is 4.90 Å². The number of carbonyl (C=O) groups excluding carboxylic acids is 1. The minimum absolute atomic E-state index is 0.0444. The minimum Gasteiger partial charge on any atom is -0.409 e. The second-order valence-corrected chi connectivity index (χ2v) is 6.67. The molecule has 3 N–H and O–H groups in total. The van der Waals surface area contributed by atoms with Crippen LogP contribution in [0.3, 0.4) is 0 Å². The smallest absolute Gasteiger partial charge is 0.253 e. The highest BCUT2D eigenvalue weighted by atomic mass is 16.4. The van der Waals surface area contributed by atoms with Crippen molar-refractivity contribution >= 4 is 11.7 Å². The summed E-state index contributed by atoms with van der Waals surface area (Å²) in [6, 6.07) is 6.83. The first-order chi connectivity index (χ1) is 9.82. The van der Waals surface area contributed by atoms with Crippen molar-refractivity contribution in [3.05, 3.63) is 35.4 Å². The van der Waals surface area contributed by atoms with Gasteiger partial charge in [0, 0.05) is 24.2 Å². The lowest BCUT2D eigenvalue weighted by Gasteiger charge is -2.27. The van der Waals surface area contributed by atoms with Gasteiger partial charge in [-0.05, 0) is 29.9 Å². The lowest BCUT2D eigenvalue weighted by Crippen LogP contribution is -2.31. The largest absolute Gasteiger partial charge is 0.409 e. The Bertz CT molecular complexity index is 544. The summed E-state index contributed by atoms with van der Waals surface area (Å²) in [6.07, 6.45) is 1.05. The average molecular weight is 289 g/mol. The number of benzene rings is 1. The van der Waals surface area contributed by atoms with E-state index in [0.29, 0.717) is 17.0 Å². The van der Waals surface area contributed by atoms with Crippen molar-refractivity contribution in [2.75, 3.05) is 13.1 Å². The summed E-state index contributed by atoms with van der Waals surface area (Å²) in [6.45, 7) is 8.28. The first-order valence-electron chi connectivity index (χ1n) is 7.20. The maximum Gasteiger partial charge on any atom is 0.253 e. The van der Waals surface area contributed by atoms with Crippen molar-refractivity contribution in [2.24, 2.45) is 22.2 Å². The van der Waals surface area contributed by atoms with Gasteiger partial charge in [-0.25, -0.2) is 0 Å². The molecule has 2 rings (SSSR count). The van der Waals surface area contributed by atoms with Crippen LogP contribution in [-0.2, 0) is 0 Å². The summed E-state index contributed by atoms with van der Waals surface area (Å²) in [5, 5.41) is 11.6. The minimum atomic E-state index is 0.0444. The maximum atomic E-state index is 12.5. The highest BCUT2D eigenvalue weighted by molar-refractivity contribution is 5.99. The van der Waals surface area contributed by atoms with Crippen LogP contribution in [0.25, 0.3) is 0 Å². The second kappa shape index (κ2) is 5.76. The first-order valence-corrected chi connectivity index (χ1v) is 7.20. The molecule has 5 heteroatoms. The fourth-order valence-electron chi connectivity index (χ4n) is 2.68. The Hall–Kier alpha value is -2.04. The molecular weight excluding hydrogens is 266 g/mol. The van der Waals surface area contributed by atoms with Gasteiger partial charge >= 0.3 is 0 Å². The summed E-state index contributed by atoms with van der Waals surface area (Å²) in [4.78, 5) is 14.4. The molecule has 1 heterocycles. The molecule has 1 amide bonds. The van der Waals surface area contributed by atoms with Crippen LogP contribution in [0.2, 0.25) is 0 Å². The Morgan fingerprint density at radius 1 is 1.29 bits per heavy atom. The topological polar surface area (TPSA) is 78.9 Å². The highest BCUT2D eigenvalue weighted by Crippen LogP contribution is 2.34. The number of carbonyl (C=O) groups is 1. The van der Waals surface area contributed by atoms with Crippen LogP contribution in [0.15, 0.2) is 29.4 Å². The van der Waals surface area contributed by atoms with Crippen molar-refractivity contribution < 1.29 is 10.0 Å². The quantitative estimate of drug-likeness (QED) is 0.379. The van der Waals surface area contributed by atoms with E-state index in [2.05, 4.69) is 25.9 Å². The van der Waals surface area contributed by atoms with Gasteiger partial charge in [0.1, 0.15) is 0 Å². The Labute approximate surface area is 125 Å². The van der Waals surface area contributed by atoms with E-state index in [1.54, 1.807) is 24.3 Å². The van der Waals surface area contributed by atoms with Crippen LogP contribution in [0.5, 0.6) is 0 Å². The van der Waals surface area contributed by atoms with Gasteiger partial charge in [-0.1, -0.05) is 38.1 Å². The van der Waals surface area contributed by atoms with Gasteiger partial charge in [0.25, 0.3) is 5.91 Å². The molecule has 1 aliphatic rings. The summed E-state index contributed by atoms with van der Waals surface area (Å²) in [7, 11) is 0. The molecule has 0 aromatic heterocycles. The number of nitrogens with two attached hydrogens (primary N) is 1. The Morgan fingerprint density at radius 3 is 2.33 bits per heavy atom. The van der Waals surface area contributed by atoms with Gasteiger partial charge in [-0.2, -0.15) is 0 Å². The van der Waals surface area contributed by atoms with E-state index in [-0.39, 0.29) is 17.2 Å². The lowest BCUT2D eigenvalue weighted by molar-refractivity contribution is 0.0776. The van der Waals surface area contributed by atoms with Crippen molar-refractivity contribution in [1.29, 1.82) is 0 Å². The molecule has 1 fully saturated rings. The summed E-state index contributed by atoms with van der Waals surface area (Å²) < 4.78 is 0. The molecule has 0 spiro atoms. The van der Waals surface area contributed by atoms with Crippen LogP contribution in [-0.4, -0.2) is 34.9 Å². The number of rotatable bonds is 2. The van der Waals surface area contributed by atoms with Crippen LogP contribution in [0.4, 0.5) is 0 Å². The van der Waals surface area contributed by atoms with Crippen LogP contribution < -0.4 is 5.73 Å². The van der Waals surface area contributed by atoms with Crippen LogP contribution >= 0.6 is 0 Å². The lowest BCUT2D eigenvalue weighted by atomic mass is 9.80. The SMILES string of the molecule is CC(C)(C)C1CCN(C(=O)c2ccc(/C(N)=N/O)cc2)C1. The monoisotopic (exact) mass is 289 g/mol. The van der Waals surface area contributed by atoms with E-state index in [0.717, 1.165) is 19.5 Å². The van der Waals surface area contributed by atoms with Gasteiger partial charge in [-0.3, -0.25) is 4.79 Å². The molecule has 1 unspecified atom stereocenters. The fraction of sp³-hybridized carbons (Fsp3) is 0.500. The van der Waals surface area contributed by atoms with E-state index in [9.17, 15) is 4.79 Å². The molecule has 114 valence electrons. The molecule has 1 aromatic rings. The number of hydrogen-bond donors (Lipinski definition) is 2. The highest BCUT2D eigenvalue weighted by Gasteiger charge is 2.34. The fourth-order valence-corrected chi connectivity index (χ4v) is 2.68. The molecule has 0 aliphatic carbocycles. The molecule has 1 aromatic carbocycles. The molecule has 0 saturated carbocycles. The predicted octanol–water partition coefficient (Wildman–Crippen LogP) is 2.29. The Kier molecular flexibility index (Phi) is 4.21. The summed E-state index contributed by atoms with van der Waals surface area (Å²) >= 11 is 0. The zero-order valence-electron chi connectivity index (χ0n) is 12.8. The molecule has 1 aliphatic heterocycles. The molecule has 0 bridgehead atoms. The third-order valence-corrected chi connectivity index (χ3v) is 4.24. The molecule has 1 atom stereocenters. The van der Waals surface area contributed by atoms with E-state index in [1.165, 1.54) is 0 Å². The van der Waals surface area contributed by atoms with Crippen molar-refractivity contribution in [3.63, 3.8) is 0 Å². The van der Waals surface area contributed by atoms with Crippen molar-refractivity contribution in [3.8, 4) is 0 Å². The van der Waals surface area contributed by atoms with Crippen LogP contribution in [0.1, 0.15) is 43.1 Å². The average Bonchev–Trinajstić information content (AvgIpc) is 2.95. The number of amidine groups is 1. The number of hydrogen-bond acceptors (Lipinski definition) is 3. The predicted molar refractivity (Wildman–Crippen MR) is 82.4 cm³/mol. The van der Waals surface area contributed by atoms with E-state index >= 15 is 0 Å². The normalized spacial score (nSPS) is 19.9. The van der Waals surface area contributed by atoms with Gasteiger partial charge in [0.05, 0.1) is 0 Å². The molecule has 0 radical (unpaired) electrons. The molecular formula is C16H23N3O2. The van der Waals surface area contributed by atoms with E-state index < -0.39 is 0 Å². The van der Waals surface area contributed by atoms with Gasteiger partial charge < -0.3 is 15.8 Å². The molecule has 1 saturated heterocycles. The third-order valence-electron chi connectivity index (χ3n) is 4.24. The zero-order chi connectivity index (χ0) is 15.6. The third kappa shape index (κ3) is 3.35. The molecule has 5 nitrogen and oxygen atoms in total. The van der Waals surface area contributed by atoms with Crippen molar-refractivity contribution in [2.45, 2.75) is 27.2 Å². The maximum absolute atomic E-state index is 12.5. The number of amides is 1. The van der Waals surface area contributed by atoms with Gasteiger partial charge in [0.15, 0.2) is 5.84 Å². The van der Waals surface area contributed by atoms with Gasteiger partial charge in [0.2, 0.25) is 0 Å². The van der Waals surface area contributed by atoms with E-state index in [1.807, 2.05) is 4.90 Å². The number of oxime groups is 1. The van der Waals surface area contributed by atoms with Crippen LogP contribution in [0, 0.1) is 11.3 Å². The molecule has 21 heavy (non-hydrogen) atoms. The Balaban J connectivity index is 2.08. The number of nitrogens with zero attached hydrogens (tertiary/aromatic N) is 2. The van der Waals surface area contributed by atoms with E-state index in [4.69, 9.17) is 10.9 Å². The zero-order valence-corrected chi connectivity index (χ0v) is 12.8.